The van der Waals surface area contributed by atoms with Gasteiger partial charge in [-0.25, -0.2) is 13.6 Å². The van der Waals surface area contributed by atoms with Gasteiger partial charge in [-0.2, -0.15) is 0 Å². The van der Waals surface area contributed by atoms with Gasteiger partial charge in [0, 0.05) is 0 Å². The molecule has 3 nitrogen and oxygen atoms in total. The quantitative estimate of drug-likeness (QED) is 0.771. The lowest BCUT2D eigenvalue weighted by atomic mass is 10.1. The third-order valence-electron chi connectivity index (χ3n) is 1.75. The molecule has 0 fully saturated rings. The zero-order valence-electron chi connectivity index (χ0n) is 7.26. The van der Waals surface area contributed by atoms with Gasteiger partial charge >= 0.3 is 5.97 Å². The Bertz CT molecular complexity index is 366. The molecular formula is C9H9F2NO2. The van der Waals surface area contributed by atoms with Crippen LogP contribution in [0.3, 0.4) is 0 Å². The van der Waals surface area contributed by atoms with Crippen molar-refractivity contribution < 1.29 is 18.7 Å². The minimum absolute atomic E-state index is 0.254. The van der Waals surface area contributed by atoms with Gasteiger partial charge in [-0.15, -0.1) is 0 Å². The maximum absolute atomic E-state index is 12.9. The smallest absolute Gasteiger partial charge is 0.338 e. The van der Waals surface area contributed by atoms with Gasteiger partial charge in [0.2, 0.25) is 0 Å². The number of halogens is 2. The minimum Gasteiger partial charge on any atom is -0.478 e. The average Bonchev–Trinajstić information content (AvgIpc) is 2.11. The van der Waals surface area contributed by atoms with E-state index >= 15 is 0 Å². The molecule has 14 heavy (non-hydrogen) atoms. The molecule has 0 heterocycles. The van der Waals surface area contributed by atoms with Crippen molar-refractivity contribution in [1.82, 2.24) is 0 Å². The number of carbonyl (C=O) groups is 1. The Balaban J connectivity index is 3.21. The molecule has 0 aliphatic heterocycles. The van der Waals surface area contributed by atoms with Gasteiger partial charge in [0.05, 0.1) is 5.56 Å². The van der Waals surface area contributed by atoms with Crippen molar-refractivity contribution in [1.29, 1.82) is 0 Å². The molecule has 0 aliphatic carbocycles. The van der Waals surface area contributed by atoms with Crippen molar-refractivity contribution in [3.8, 4) is 0 Å². The summed E-state index contributed by atoms with van der Waals surface area (Å²) in [6.07, 6.45) is 0.317. The first kappa shape index (κ1) is 10.6. The first-order valence-corrected chi connectivity index (χ1v) is 3.97. The molecule has 0 saturated heterocycles. The highest BCUT2D eigenvalue weighted by Gasteiger charge is 2.15. The lowest BCUT2D eigenvalue weighted by Gasteiger charge is -2.03. The standard InChI is InChI=1S/C9H9F2NO2/c10-7-4-5(1-2-12)3-6(8(7)11)9(13)14/h3-4H,1-2,12H2,(H,13,14). The number of nitrogens with two attached hydrogens (primary N) is 1. The summed E-state index contributed by atoms with van der Waals surface area (Å²) < 4.78 is 25.7. The van der Waals surface area contributed by atoms with E-state index in [-0.39, 0.29) is 6.54 Å². The molecule has 0 unspecified atom stereocenters. The highest BCUT2D eigenvalue weighted by atomic mass is 19.2. The van der Waals surface area contributed by atoms with E-state index in [9.17, 15) is 13.6 Å². The van der Waals surface area contributed by atoms with Gasteiger partial charge in [0.15, 0.2) is 11.6 Å². The molecule has 1 rings (SSSR count). The fraction of sp³-hybridized carbons (Fsp3) is 0.222. The minimum atomic E-state index is -1.49. The number of carboxylic acids is 1. The van der Waals surface area contributed by atoms with Gasteiger partial charge in [-0.05, 0) is 30.7 Å². The maximum atomic E-state index is 12.9. The third kappa shape index (κ3) is 2.05. The number of aromatic carboxylic acids is 1. The predicted octanol–water partition coefficient (Wildman–Crippen LogP) is 1.16. The normalized spacial score (nSPS) is 10.2. The van der Waals surface area contributed by atoms with Crippen LogP contribution < -0.4 is 5.73 Å². The highest BCUT2D eigenvalue weighted by molar-refractivity contribution is 5.88. The van der Waals surface area contributed by atoms with Crippen molar-refractivity contribution in [2.24, 2.45) is 5.73 Å². The molecule has 1 aromatic rings. The summed E-state index contributed by atoms with van der Waals surface area (Å²) in [6.45, 7) is 0.254. The van der Waals surface area contributed by atoms with E-state index in [2.05, 4.69) is 0 Å². The monoisotopic (exact) mass is 201 g/mol. The zero-order chi connectivity index (χ0) is 10.7. The molecule has 0 spiro atoms. The topological polar surface area (TPSA) is 63.3 Å². The summed E-state index contributed by atoms with van der Waals surface area (Å²) in [7, 11) is 0. The number of hydrogen-bond donors (Lipinski definition) is 2. The van der Waals surface area contributed by atoms with Gasteiger partial charge in [0.1, 0.15) is 0 Å². The summed E-state index contributed by atoms with van der Waals surface area (Å²) in [5, 5.41) is 8.54. The third-order valence-corrected chi connectivity index (χ3v) is 1.75. The van der Waals surface area contributed by atoms with Crippen LogP contribution in [0.1, 0.15) is 15.9 Å². The maximum Gasteiger partial charge on any atom is 0.338 e. The van der Waals surface area contributed by atoms with Crippen LogP contribution in [0.4, 0.5) is 8.78 Å². The Morgan fingerprint density at radius 2 is 2.07 bits per heavy atom. The molecule has 3 N–H and O–H groups in total. The Morgan fingerprint density at radius 1 is 1.43 bits per heavy atom. The van der Waals surface area contributed by atoms with Crippen molar-refractivity contribution in [3.63, 3.8) is 0 Å². The van der Waals surface area contributed by atoms with E-state index in [4.69, 9.17) is 10.8 Å². The summed E-state index contributed by atoms with van der Waals surface area (Å²) in [5.74, 6) is -3.98. The summed E-state index contributed by atoms with van der Waals surface area (Å²) in [6, 6.07) is 2.04. The Morgan fingerprint density at radius 3 is 2.57 bits per heavy atom. The molecule has 0 aromatic heterocycles. The second kappa shape index (κ2) is 4.15. The van der Waals surface area contributed by atoms with Crippen molar-refractivity contribution in [3.05, 3.63) is 34.9 Å². The Kier molecular flexibility index (Phi) is 3.14. The van der Waals surface area contributed by atoms with Gasteiger partial charge in [-0.3, -0.25) is 0 Å². The summed E-state index contributed by atoms with van der Waals surface area (Å²) >= 11 is 0. The number of carboxylic acid groups (broad SMARTS) is 1. The van der Waals surface area contributed by atoms with Crippen molar-refractivity contribution >= 4 is 5.97 Å². The van der Waals surface area contributed by atoms with E-state index in [0.29, 0.717) is 12.0 Å². The first-order valence-electron chi connectivity index (χ1n) is 3.97. The number of benzene rings is 1. The van der Waals surface area contributed by atoms with Crippen LogP contribution in [0.15, 0.2) is 12.1 Å². The zero-order valence-corrected chi connectivity index (χ0v) is 7.26. The van der Waals surface area contributed by atoms with E-state index < -0.39 is 23.2 Å². The van der Waals surface area contributed by atoms with E-state index in [1.807, 2.05) is 0 Å². The van der Waals surface area contributed by atoms with Crippen molar-refractivity contribution in [2.45, 2.75) is 6.42 Å². The van der Waals surface area contributed by atoms with Crippen molar-refractivity contribution in [2.75, 3.05) is 6.54 Å². The predicted molar refractivity (Wildman–Crippen MR) is 46.1 cm³/mol. The largest absolute Gasteiger partial charge is 0.478 e. The number of rotatable bonds is 3. The van der Waals surface area contributed by atoms with Crippen LogP contribution in [0, 0.1) is 11.6 Å². The molecule has 0 bridgehead atoms. The molecule has 0 radical (unpaired) electrons. The lowest BCUT2D eigenvalue weighted by Crippen LogP contribution is -2.08. The van der Waals surface area contributed by atoms with Crippen LogP contribution in [-0.2, 0) is 6.42 Å². The van der Waals surface area contributed by atoms with E-state index in [0.717, 1.165) is 12.1 Å². The molecule has 5 heteroatoms. The molecule has 76 valence electrons. The van der Waals surface area contributed by atoms with E-state index in [1.165, 1.54) is 0 Å². The lowest BCUT2D eigenvalue weighted by molar-refractivity contribution is 0.0690. The van der Waals surface area contributed by atoms with E-state index in [1.54, 1.807) is 0 Å². The molecule has 1 aromatic carbocycles. The first-order chi connectivity index (χ1) is 6.56. The second-order valence-electron chi connectivity index (χ2n) is 2.78. The van der Waals surface area contributed by atoms with Gasteiger partial charge in [-0.1, -0.05) is 0 Å². The van der Waals surface area contributed by atoms with Gasteiger partial charge < -0.3 is 10.8 Å². The summed E-state index contributed by atoms with van der Waals surface area (Å²) in [4.78, 5) is 10.5. The van der Waals surface area contributed by atoms with Crippen LogP contribution in [-0.4, -0.2) is 17.6 Å². The van der Waals surface area contributed by atoms with Crippen LogP contribution in [0.5, 0.6) is 0 Å². The van der Waals surface area contributed by atoms with Crippen LogP contribution in [0.25, 0.3) is 0 Å². The van der Waals surface area contributed by atoms with Crippen LogP contribution in [0.2, 0.25) is 0 Å². The fourth-order valence-electron chi connectivity index (χ4n) is 1.11. The summed E-state index contributed by atoms with van der Waals surface area (Å²) in [5.41, 5.74) is 4.93. The molecule has 0 aliphatic rings. The molecular weight excluding hydrogens is 192 g/mol. The Labute approximate surface area is 79.2 Å². The average molecular weight is 201 g/mol. The van der Waals surface area contributed by atoms with Crippen LogP contribution >= 0.6 is 0 Å². The molecule has 0 atom stereocenters. The molecule has 0 saturated carbocycles. The van der Waals surface area contributed by atoms with Gasteiger partial charge in [0.25, 0.3) is 0 Å². The second-order valence-corrected chi connectivity index (χ2v) is 2.78. The SMILES string of the molecule is NCCc1cc(F)c(F)c(C(=O)O)c1. The Hall–Kier alpha value is -1.49. The highest BCUT2D eigenvalue weighted by Crippen LogP contribution is 2.15. The number of hydrogen-bond acceptors (Lipinski definition) is 2. The fourth-order valence-corrected chi connectivity index (χ4v) is 1.11. The molecule has 0 amide bonds.